The van der Waals surface area contributed by atoms with Crippen LogP contribution in [-0.4, -0.2) is 46.8 Å². The maximum atomic E-state index is 13.5. The van der Waals surface area contributed by atoms with E-state index in [9.17, 15) is 14.0 Å². The van der Waals surface area contributed by atoms with Crippen molar-refractivity contribution < 1.29 is 14.0 Å². The number of hydrogen-bond acceptors (Lipinski definition) is 4. The summed E-state index contributed by atoms with van der Waals surface area (Å²) in [7, 11) is 1.61. The van der Waals surface area contributed by atoms with Crippen molar-refractivity contribution in [2.24, 2.45) is 5.92 Å². The molecule has 136 valence electrons. The number of aryl methyl sites for hydroxylation is 1. The minimum Gasteiger partial charge on any atom is -0.359 e. The number of halogens is 1. The summed E-state index contributed by atoms with van der Waals surface area (Å²) < 4.78 is 13.5. The first-order chi connectivity index (χ1) is 12.5. The van der Waals surface area contributed by atoms with E-state index >= 15 is 0 Å². The van der Waals surface area contributed by atoms with Crippen LogP contribution in [0.1, 0.15) is 33.8 Å². The molecule has 1 aliphatic rings. The summed E-state index contributed by atoms with van der Waals surface area (Å²) in [5.41, 5.74) is 2.09. The van der Waals surface area contributed by atoms with E-state index in [1.807, 2.05) is 6.92 Å². The van der Waals surface area contributed by atoms with Gasteiger partial charge in [0, 0.05) is 44.4 Å². The van der Waals surface area contributed by atoms with Gasteiger partial charge >= 0.3 is 0 Å². The van der Waals surface area contributed by atoms with E-state index in [1.54, 1.807) is 18.0 Å². The van der Waals surface area contributed by atoms with Crippen LogP contribution in [0.3, 0.4) is 0 Å². The van der Waals surface area contributed by atoms with Crippen LogP contribution in [-0.2, 0) is 4.79 Å². The zero-order valence-electron chi connectivity index (χ0n) is 14.8. The van der Waals surface area contributed by atoms with Gasteiger partial charge in [0.25, 0.3) is 5.91 Å². The molecule has 0 aliphatic carbocycles. The Kier molecular flexibility index (Phi) is 5.25. The molecule has 2 heterocycles. The van der Waals surface area contributed by atoms with Crippen molar-refractivity contribution >= 4 is 11.8 Å². The van der Waals surface area contributed by atoms with E-state index in [1.165, 1.54) is 30.9 Å². The molecule has 7 heteroatoms. The molecule has 1 N–H and O–H groups in total. The second-order valence-corrected chi connectivity index (χ2v) is 6.50. The molecule has 2 unspecified atom stereocenters. The molecule has 2 amide bonds. The highest BCUT2D eigenvalue weighted by Crippen LogP contribution is 2.35. The standard InChI is InChI=1S/C19H21FN4O2/c1-12-7-14(20)3-4-15(12)17-10-24(6-5-16(17)18(25)21-2)19(26)13-8-22-11-23-9-13/h3-4,7-9,11,16-17H,5-6,10H2,1-2H3,(H,21,25). The molecule has 0 radical (unpaired) electrons. The van der Waals surface area contributed by atoms with E-state index in [4.69, 9.17) is 0 Å². The molecule has 1 aliphatic heterocycles. The van der Waals surface area contributed by atoms with Gasteiger partial charge in [-0.3, -0.25) is 9.59 Å². The summed E-state index contributed by atoms with van der Waals surface area (Å²) in [5, 5.41) is 2.70. The third kappa shape index (κ3) is 3.56. The van der Waals surface area contributed by atoms with Crippen molar-refractivity contribution in [2.75, 3.05) is 20.1 Å². The number of likely N-dealkylation sites (tertiary alicyclic amines) is 1. The van der Waals surface area contributed by atoms with Gasteiger partial charge in [0.15, 0.2) is 0 Å². The molecular weight excluding hydrogens is 335 g/mol. The van der Waals surface area contributed by atoms with Gasteiger partial charge in [-0.15, -0.1) is 0 Å². The number of amides is 2. The minimum absolute atomic E-state index is 0.0612. The molecule has 0 spiro atoms. The first kappa shape index (κ1) is 18.0. The van der Waals surface area contributed by atoms with E-state index < -0.39 is 0 Å². The number of carbonyl (C=O) groups excluding carboxylic acids is 2. The molecular formula is C19H21FN4O2. The Hall–Kier alpha value is -2.83. The van der Waals surface area contributed by atoms with Crippen molar-refractivity contribution in [3.05, 3.63) is 59.4 Å². The first-order valence-electron chi connectivity index (χ1n) is 8.53. The maximum Gasteiger partial charge on any atom is 0.257 e. The minimum atomic E-state index is -0.312. The van der Waals surface area contributed by atoms with Gasteiger partial charge in [-0.2, -0.15) is 0 Å². The van der Waals surface area contributed by atoms with Crippen LogP contribution in [0.4, 0.5) is 4.39 Å². The van der Waals surface area contributed by atoms with E-state index in [-0.39, 0.29) is 29.5 Å². The number of nitrogens with one attached hydrogen (secondary N) is 1. The van der Waals surface area contributed by atoms with Crippen LogP contribution in [0.15, 0.2) is 36.9 Å². The predicted octanol–water partition coefficient (Wildman–Crippen LogP) is 1.92. The Labute approximate surface area is 151 Å². The predicted molar refractivity (Wildman–Crippen MR) is 94.0 cm³/mol. The second-order valence-electron chi connectivity index (χ2n) is 6.50. The van der Waals surface area contributed by atoms with Crippen LogP contribution in [0.2, 0.25) is 0 Å². The lowest BCUT2D eigenvalue weighted by Crippen LogP contribution is -2.47. The zero-order chi connectivity index (χ0) is 18.7. The maximum absolute atomic E-state index is 13.5. The number of hydrogen-bond donors (Lipinski definition) is 1. The SMILES string of the molecule is CNC(=O)C1CCN(C(=O)c2cncnc2)CC1c1ccc(F)cc1C. The smallest absolute Gasteiger partial charge is 0.257 e. The fourth-order valence-corrected chi connectivity index (χ4v) is 3.60. The van der Waals surface area contributed by atoms with Crippen molar-refractivity contribution in [3.63, 3.8) is 0 Å². The third-order valence-corrected chi connectivity index (χ3v) is 4.92. The van der Waals surface area contributed by atoms with E-state index in [0.29, 0.717) is 25.1 Å². The summed E-state index contributed by atoms with van der Waals surface area (Å²) >= 11 is 0. The van der Waals surface area contributed by atoms with Crippen molar-refractivity contribution in [1.29, 1.82) is 0 Å². The highest BCUT2D eigenvalue weighted by Gasteiger charge is 2.37. The molecule has 2 atom stereocenters. The van der Waals surface area contributed by atoms with Gasteiger partial charge < -0.3 is 10.2 Å². The van der Waals surface area contributed by atoms with Gasteiger partial charge in [0.1, 0.15) is 12.1 Å². The van der Waals surface area contributed by atoms with E-state index in [0.717, 1.165) is 11.1 Å². The molecule has 1 aromatic heterocycles. The largest absolute Gasteiger partial charge is 0.359 e. The van der Waals surface area contributed by atoms with Crippen molar-refractivity contribution in [3.8, 4) is 0 Å². The molecule has 3 rings (SSSR count). The third-order valence-electron chi connectivity index (χ3n) is 4.92. The van der Waals surface area contributed by atoms with Gasteiger partial charge in [-0.25, -0.2) is 14.4 Å². The first-order valence-corrected chi connectivity index (χ1v) is 8.53. The number of nitrogens with zero attached hydrogens (tertiary/aromatic N) is 3. The van der Waals surface area contributed by atoms with Gasteiger partial charge in [-0.1, -0.05) is 6.07 Å². The molecule has 26 heavy (non-hydrogen) atoms. The second kappa shape index (κ2) is 7.59. The Morgan fingerprint density at radius 2 is 2.00 bits per heavy atom. The summed E-state index contributed by atoms with van der Waals surface area (Å²) in [4.78, 5) is 34.6. The van der Waals surface area contributed by atoms with Crippen molar-refractivity contribution in [2.45, 2.75) is 19.3 Å². The van der Waals surface area contributed by atoms with Crippen LogP contribution >= 0.6 is 0 Å². The van der Waals surface area contributed by atoms with Gasteiger partial charge in [0.2, 0.25) is 5.91 Å². The lowest BCUT2D eigenvalue weighted by molar-refractivity contribution is -0.126. The fraction of sp³-hybridized carbons (Fsp3) is 0.368. The summed E-state index contributed by atoms with van der Waals surface area (Å²) in [5.74, 6) is -0.995. The summed E-state index contributed by atoms with van der Waals surface area (Å²) in [6.07, 6.45) is 4.89. The quantitative estimate of drug-likeness (QED) is 0.912. The van der Waals surface area contributed by atoms with Crippen LogP contribution in [0, 0.1) is 18.7 Å². The highest BCUT2D eigenvalue weighted by atomic mass is 19.1. The zero-order valence-corrected chi connectivity index (χ0v) is 14.8. The van der Waals surface area contributed by atoms with Crippen LogP contribution in [0.5, 0.6) is 0 Å². The van der Waals surface area contributed by atoms with Crippen molar-refractivity contribution in [1.82, 2.24) is 20.2 Å². The number of carbonyl (C=O) groups is 2. The lowest BCUT2D eigenvalue weighted by Gasteiger charge is -2.38. The molecule has 1 aromatic carbocycles. The highest BCUT2D eigenvalue weighted by molar-refractivity contribution is 5.94. The summed E-state index contributed by atoms with van der Waals surface area (Å²) in [6.45, 7) is 2.69. The Morgan fingerprint density at radius 1 is 1.27 bits per heavy atom. The van der Waals surface area contributed by atoms with Gasteiger partial charge in [0.05, 0.1) is 5.56 Å². The molecule has 1 saturated heterocycles. The topological polar surface area (TPSA) is 75.2 Å². The lowest BCUT2D eigenvalue weighted by atomic mass is 9.78. The number of aromatic nitrogens is 2. The van der Waals surface area contributed by atoms with Crippen LogP contribution < -0.4 is 5.32 Å². The molecule has 0 saturated carbocycles. The van der Waals surface area contributed by atoms with Gasteiger partial charge in [-0.05, 0) is 36.6 Å². The molecule has 2 aromatic rings. The monoisotopic (exact) mass is 356 g/mol. The van der Waals surface area contributed by atoms with Crippen LogP contribution in [0.25, 0.3) is 0 Å². The Bertz CT molecular complexity index is 812. The Morgan fingerprint density at radius 3 is 2.65 bits per heavy atom. The number of piperidine rings is 1. The fourth-order valence-electron chi connectivity index (χ4n) is 3.60. The number of rotatable bonds is 3. The molecule has 1 fully saturated rings. The number of benzene rings is 1. The average Bonchev–Trinajstić information content (AvgIpc) is 2.67. The Balaban J connectivity index is 1.91. The van der Waals surface area contributed by atoms with E-state index in [2.05, 4.69) is 15.3 Å². The normalized spacial score (nSPS) is 19.9. The molecule has 0 bridgehead atoms. The molecule has 6 nitrogen and oxygen atoms in total. The average molecular weight is 356 g/mol. The summed E-state index contributed by atoms with van der Waals surface area (Å²) in [6, 6.07) is 4.57.